The van der Waals surface area contributed by atoms with E-state index in [0.717, 1.165) is 18.7 Å². The van der Waals surface area contributed by atoms with E-state index >= 15 is 0 Å². The Morgan fingerprint density at radius 1 is 1.43 bits per heavy atom. The van der Waals surface area contributed by atoms with Crippen LogP contribution in [0.3, 0.4) is 0 Å². The number of amides is 2. The zero-order valence-electron chi connectivity index (χ0n) is 12.4. The number of halogens is 1. The number of aryl methyl sites for hydroxylation is 1. The van der Waals surface area contributed by atoms with Gasteiger partial charge in [0.1, 0.15) is 6.54 Å². The highest BCUT2D eigenvalue weighted by molar-refractivity contribution is 5.97. The van der Waals surface area contributed by atoms with Gasteiger partial charge in [-0.3, -0.25) is 14.3 Å². The molecule has 0 spiro atoms. The Morgan fingerprint density at radius 3 is 2.76 bits per heavy atom. The van der Waals surface area contributed by atoms with Crippen LogP contribution < -0.4 is 10.2 Å². The van der Waals surface area contributed by atoms with Gasteiger partial charge < -0.3 is 15.1 Å². The molecule has 2 rings (SSSR count). The summed E-state index contributed by atoms with van der Waals surface area (Å²) in [7, 11) is 3.68. The van der Waals surface area contributed by atoms with Gasteiger partial charge in [0.05, 0.1) is 11.9 Å². The molecule has 1 aromatic rings. The minimum absolute atomic E-state index is 0. The van der Waals surface area contributed by atoms with Crippen LogP contribution in [-0.4, -0.2) is 59.7 Å². The van der Waals surface area contributed by atoms with Crippen molar-refractivity contribution in [3.05, 3.63) is 12.4 Å². The van der Waals surface area contributed by atoms with Gasteiger partial charge in [-0.2, -0.15) is 5.10 Å². The number of anilines is 1. The first-order chi connectivity index (χ1) is 9.61. The van der Waals surface area contributed by atoms with Crippen LogP contribution in [0.15, 0.2) is 12.4 Å². The minimum Gasteiger partial charge on any atom is -0.332 e. The van der Waals surface area contributed by atoms with Crippen LogP contribution >= 0.6 is 12.4 Å². The molecule has 0 saturated carbocycles. The molecule has 1 aliphatic rings. The van der Waals surface area contributed by atoms with E-state index in [1.54, 1.807) is 20.7 Å². The Hall–Kier alpha value is -1.60. The molecular weight excluding hydrogens is 294 g/mol. The topological polar surface area (TPSA) is 70.5 Å². The Labute approximate surface area is 130 Å². The predicted molar refractivity (Wildman–Crippen MR) is 82.5 cm³/mol. The predicted octanol–water partition coefficient (Wildman–Crippen LogP) is 0.0167. The summed E-state index contributed by atoms with van der Waals surface area (Å²) in [5.41, 5.74) is 0.791. The summed E-state index contributed by atoms with van der Waals surface area (Å²) < 4.78 is 1.66. The number of hydrogen-bond acceptors (Lipinski definition) is 4. The largest absolute Gasteiger partial charge is 0.332 e. The monoisotopic (exact) mass is 315 g/mol. The summed E-state index contributed by atoms with van der Waals surface area (Å²) in [6.45, 7) is 2.09. The van der Waals surface area contributed by atoms with Crippen molar-refractivity contribution in [1.82, 2.24) is 20.0 Å². The highest BCUT2D eigenvalue weighted by Gasteiger charge is 2.28. The average Bonchev–Trinajstić information content (AvgIpc) is 2.85. The van der Waals surface area contributed by atoms with Crippen LogP contribution in [0.4, 0.5) is 5.69 Å². The minimum atomic E-state index is -0.0498. The molecule has 1 saturated heterocycles. The molecule has 1 fully saturated rings. The van der Waals surface area contributed by atoms with E-state index in [2.05, 4.69) is 10.4 Å². The Balaban J connectivity index is 0.00000220. The molecule has 118 valence electrons. The van der Waals surface area contributed by atoms with Crippen LogP contribution in [0, 0.1) is 0 Å². The number of hydrogen-bond donors (Lipinski definition) is 1. The molecule has 1 aromatic heterocycles. The fourth-order valence-electron chi connectivity index (χ4n) is 2.28. The molecule has 0 aromatic carbocycles. The molecule has 0 aliphatic carbocycles. The van der Waals surface area contributed by atoms with Crippen molar-refractivity contribution in [2.75, 3.05) is 38.1 Å². The van der Waals surface area contributed by atoms with Crippen molar-refractivity contribution >= 4 is 29.9 Å². The van der Waals surface area contributed by atoms with Crippen LogP contribution in [0.5, 0.6) is 0 Å². The smallest absolute Gasteiger partial charge is 0.246 e. The molecule has 8 heteroatoms. The van der Waals surface area contributed by atoms with Crippen molar-refractivity contribution in [3.63, 3.8) is 0 Å². The third-order valence-electron chi connectivity index (χ3n) is 3.39. The second-order valence-electron chi connectivity index (χ2n) is 4.94. The summed E-state index contributed by atoms with van der Waals surface area (Å²) in [5.74, 6) is 0.00523. The van der Waals surface area contributed by atoms with Crippen molar-refractivity contribution in [2.45, 2.75) is 12.8 Å². The van der Waals surface area contributed by atoms with E-state index in [1.165, 1.54) is 0 Å². The van der Waals surface area contributed by atoms with Crippen LogP contribution in [0.1, 0.15) is 12.8 Å². The second kappa shape index (κ2) is 7.99. The second-order valence-corrected chi connectivity index (χ2v) is 4.94. The number of carbonyl (C=O) groups is 2. The lowest BCUT2D eigenvalue weighted by Gasteiger charge is -2.33. The SMILES string of the molecule is CNCCCC(=O)N1CCN(c2cnn(C)c2)C(=O)C1.Cl. The molecule has 2 amide bonds. The Kier molecular flexibility index (Phi) is 6.64. The number of nitrogens with one attached hydrogen (secondary N) is 1. The maximum absolute atomic E-state index is 12.1. The van der Waals surface area contributed by atoms with Crippen molar-refractivity contribution < 1.29 is 9.59 Å². The first-order valence-corrected chi connectivity index (χ1v) is 6.83. The first-order valence-electron chi connectivity index (χ1n) is 6.83. The van der Waals surface area contributed by atoms with Gasteiger partial charge in [-0.1, -0.05) is 0 Å². The molecule has 1 aliphatic heterocycles. The molecule has 0 radical (unpaired) electrons. The summed E-state index contributed by atoms with van der Waals surface area (Å²) in [4.78, 5) is 27.4. The molecule has 0 unspecified atom stereocenters. The highest BCUT2D eigenvalue weighted by atomic mass is 35.5. The maximum Gasteiger partial charge on any atom is 0.246 e. The van der Waals surface area contributed by atoms with Crippen molar-refractivity contribution in [3.8, 4) is 0 Å². The van der Waals surface area contributed by atoms with Gasteiger partial charge in [-0.25, -0.2) is 0 Å². The molecule has 21 heavy (non-hydrogen) atoms. The summed E-state index contributed by atoms with van der Waals surface area (Å²) in [5, 5.41) is 7.08. The van der Waals surface area contributed by atoms with Gasteiger partial charge in [0.25, 0.3) is 0 Å². The normalized spacial score (nSPS) is 15.0. The number of carbonyl (C=O) groups excluding carboxylic acids is 2. The van der Waals surface area contributed by atoms with E-state index in [0.29, 0.717) is 19.5 Å². The van der Waals surface area contributed by atoms with E-state index in [4.69, 9.17) is 0 Å². The zero-order chi connectivity index (χ0) is 14.5. The summed E-state index contributed by atoms with van der Waals surface area (Å²) in [6, 6.07) is 0. The highest BCUT2D eigenvalue weighted by Crippen LogP contribution is 2.16. The summed E-state index contributed by atoms with van der Waals surface area (Å²) in [6.07, 6.45) is 4.76. The lowest BCUT2D eigenvalue weighted by Crippen LogP contribution is -2.52. The Bertz CT molecular complexity index is 491. The van der Waals surface area contributed by atoms with E-state index in [9.17, 15) is 9.59 Å². The third-order valence-corrected chi connectivity index (χ3v) is 3.39. The molecule has 7 nitrogen and oxygen atoms in total. The van der Waals surface area contributed by atoms with E-state index in [-0.39, 0.29) is 30.8 Å². The van der Waals surface area contributed by atoms with Gasteiger partial charge in [0.15, 0.2) is 0 Å². The zero-order valence-corrected chi connectivity index (χ0v) is 13.2. The standard InChI is InChI=1S/C13H21N5O2.ClH/c1-14-5-3-4-12(19)17-6-7-18(13(20)10-17)11-8-15-16(2)9-11;/h8-9,14H,3-7,10H2,1-2H3;1H. The van der Waals surface area contributed by atoms with Crippen LogP contribution in [0.25, 0.3) is 0 Å². The lowest BCUT2D eigenvalue weighted by atomic mass is 10.2. The molecule has 0 atom stereocenters. The Morgan fingerprint density at radius 2 is 2.19 bits per heavy atom. The van der Waals surface area contributed by atoms with Crippen molar-refractivity contribution in [2.24, 2.45) is 7.05 Å². The van der Waals surface area contributed by atoms with Crippen LogP contribution in [-0.2, 0) is 16.6 Å². The lowest BCUT2D eigenvalue weighted by molar-refractivity contribution is -0.136. The number of aromatic nitrogens is 2. The van der Waals surface area contributed by atoms with E-state index in [1.807, 2.05) is 20.3 Å². The molecule has 0 bridgehead atoms. The average molecular weight is 316 g/mol. The molecule has 2 heterocycles. The molecular formula is C13H22ClN5O2. The number of nitrogens with zero attached hydrogens (tertiary/aromatic N) is 4. The molecule has 1 N–H and O–H groups in total. The summed E-state index contributed by atoms with van der Waals surface area (Å²) >= 11 is 0. The quantitative estimate of drug-likeness (QED) is 0.778. The first kappa shape index (κ1) is 17.5. The van der Waals surface area contributed by atoms with Gasteiger partial charge in [0.2, 0.25) is 11.8 Å². The van der Waals surface area contributed by atoms with Gasteiger partial charge in [-0.05, 0) is 20.0 Å². The third kappa shape index (κ3) is 4.44. The van der Waals surface area contributed by atoms with Crippen LogP contribution in [0.2, 0.25) is 0 Å². The maximum atomic E-state index is 12.1. The van der Waals surface area contributed by atoms with Crippen molar-refractivity contribution in [1.29, 1.82) is 0 Å². The number of rotatable bonds is 5. The van der Waals surface area contributed by atoms with Gasteiger partial charge in [0, 0.05) is 32.8 Å². The van der Waals surface area contributed by atoms with Gasteiger partial charge in [-0.15, -0.1) is 12.4 Å². The fraction of sp³-hybridized carbons (Fsp3) is 0.615. The van der Waals surface area contributed by atoms with E-state index < -0.39 is 0 Å². The number of piperazine rings is 1. The fourth-order valence-corrected chi connectivity index (χ4v) is 2.28. The van der Waals surface area contributed by atoms with Gasteiger partial charge >= 0.3 is 0 Å².